The molecule has 5 nitrogen and oxygen atoms in total. The molecule has 0 aliphatic carbocycles. The van der Waals surface area contributed by atoms with Crippen LogP contribution in [0, 0.1) is 6.92 Å². The molecule has 4 N–H and O–H groups in total. The van der Waals surface area contributed by atoms with Crippen molar-refractivity contribution in [3.05, 3.63) is 41.1 Å². The molecule has 19 heavy (non-hydrogen) atoms. The Kier molecular flexibility index (Phi) is 3.55. The van der Waals surface area contributed by atoms with E-state index < -0.39 is 0 Å². The van der Waals surface area contributed by atoms with Gasteiger partial charge in [-0.15, -0.1) is 0 Å². The Morgan fingerprint density at radius 3 is 2.68 bits per heavy atom. The minimum absolute atomic E-state index is 0.214. The summed E-state index contributed by atoms with van der Waals surface area (Å²) in [5, 5.41) is 9.69. The molecular weight excluding hydrogens is 240 g/mol. The number of carbonyl (C=O) groups is 1. The summed E-state index contributed by atoms with van der Waals surface area (Å²) < 4.78 is 0. The van der Waals surface area contributed by atoms with Gasteiger partial charge >= 0.3 is 0 Å². The van der Waals surface area contributed by atoms with Crippen LogP contribution in [-0.2, 0) is 0 Å². The lowest BCUT2D eigenvalue weighted by Gasteiger charge is -2.04. The molecule has 0 unspecified atom stereocenters. The minimum Gasteiger partial charge on any atom is -0.398 e. The first-order valence-electron chi connectivity index (χ1n) is 6.20. The lowest BCUT2D eigenvalue weighted by molar-refractivity contribution is 0.102. The van der Waals surface area contributed by atoms with Crippen LogP contribution in [0.4, 0.5) is 11.5 Å². The van der Waals surface area contributed by atoms with Crippen molar-refractivity contribution in [2.75, 3.05) is 11.1 Å². The van der Waals surface area contributed by atoms with E-state index in [0.717, 1.165) is 11.3 Å². The van der Waals surface area contributed by atoms with E-state index in [1.54, 1.807) is 12.1 Å². The topological polar surface area (TPSA) is 83.8 Å². The summed E-state index contributed by atoms with van der Waals surface area (Å²) in [6.07, 6.45) is 0. The van der Waals surface area contributed by atoms with E-state index >= 15 is 0 Å². The normalized spacial score (nSPS) is 10.7. The zero-order valence-electron chi connectivity index (χ0n) is 11.3. The number of carbonyl (C=O) groups excluding carboxylic acids is 1. The summed E-state index contributed by atoms with van der Waals surface area (Å²) in [6, 6.07) is 7.08. The smallest absolute Gasteiger partial charge is 0.256 e. The van der Waals surface area contributed by atoms with Gasteiger partial charge in [-0.25, -0.2) is 0 Å². The van der Waals surface area contributed by atoms with Crippen molar-refractivity contribution in [3.8, 4) is 0 Å². The van der Waals surface area contributed by atoms with Crippen molar-refractivity contribution in [2.24, 2.45) is 0 Å². The standard InChI is InChI=1S/C14H18N4O/c1-8(2)12-7-13(18-17-12)16-14(19)10-5-4-9(3)11(15)6-10/h4-8H,15H2,1-3H3,(H2,16,17,18,19). The third-order valence-corrected chi connectivity index (χ3v) is 3.00. The molecule has 2 aromatic rings. The van der Waals surface area contributed by atoms with Crippen molar-refractivity contribution in [3.63, 3.8) is 0 Å². The molecule has 1 heterocycles. The number of benzene rings is 1. The summed E-state index contributed by atoms with van der Waals surface area (Å²) in [7, 11) is 0. The summed E-state index contributed by atoms with van der Waals surface area (Å²) >= 11 is 0. The lowest BCUT2D eigenvalue weighted by Crippen LogP contribution is -2.12. The molecule has 2 rings (SSSR count). The van der Waals surface area contributed by atoms with E-state index in [0.29, 0.717) is 23.0 Å². The number of aromatic amines is 1. The van der Waals surface area contributed by atoms with Gasteiger partial charge in [0, 0.05) is 23.0 Å². The highest BCUT2D eigenvalue weighted by atomic mass is 16.1. The van der Waals surface area contributed by atoms with E-state index in [1.807, 2.05) is 19.1 Å². The molecule has 1 aromatic carbocycles. The fraction of sp³-hybridized carbons (Fsp3) is 0.286. The second kappa shape index (κ2) is 5.14. The van der Waals surface area contributed by atoms with Gasteiger partial charge in [0.25, 0.3) is 5.91 Å². The zero-order valence-corrected chi connectivity index (χ0v) is 11.3. The van der Waals surface area contributed by atoms with Crippen LogP contribution in [0.3, 0.4) is 0 Å². The predicted molar refractivity (Wildman–Crippen MR) is 76.2 cm³/mol. The van der Waals surface area contributed by atoms with Crippen molar-refractivity contribution < 1.29 is 4.79 Å². The third kappa shape index (κ3) is 2.93. The number of nitrogens with one attached hydrogen (secondary N) is 2. The second-order valence-electron chi connectivity index (χ2n) is 4.89. The highest BCUT2D eigenvalue weighted by Crippen LogP contribution is 2.17. The Labute approximate surface area is 112 Å². The van der Waals surface area contributed by atoms with Crippen molar-refractivity contribution in [2.45, 2.75) is 26.7 Å². The first-order chi connectivity index (χ1) is 8.97. The van der Waals surface area contributed by atoms with Gasteiger partial charge in [0.2, 0.25) is 0 Å². The largest absolute Gasteiger partial charge is 0.398 e. The van der Waals surface area contributed by atoms with E-state index in [2.05, 4.69) is 29.4 Å². The molecule has 1 amide bonds. The van der Waals surface area contributed by atoms with Crippen LogP contribution in [0.15, 0.2) is 24.3 Å². The van der Waals surface area contributed by atoms with Crippen LogP contribution in [0.2, 0.25) is 0 Å². The summed E-state index contributed by atoms with van der Waals surface area (Å²) in [6.45, 7) is 6.01. The first kappa shape index (κ1) is 13.1. The van der Waals surface area contributed by atoms with Crippen LogP contribution in [-0.4, -0.2) is 16.1 Å². The van der Waals surface area contributed by atoms with Crippen LogP contribution in [0.5, 0.6) is 0 Å². The lowest BCUT2D eigenvalue weighted by atomic mass is 10.1. The fourth-order valence-electron chi connectivity index (χ4n) is 1.67. The second-order valence-corrected chi connectivity index (χ2v) is 4.89. The van der Waals surface area contributed by atoms with Crippen LogP contribution in [0.25, 0.3) is 0 Å². The number of H-pyrrole nitrogens is 1. The van der Waals surface area contributed by atoms with Gasteiger partial charge in [-0.05, 0) is 30.5 Å². The highest BCUT2D eigenvalue weighted by Gasteiger charge is 2.10. The Morgan fingerprint density at radius 1 is 1.37 bits per heavy atom. The fourth-order valence-corrected chi connectivity index (χ4v) is 1.67. The summed E-state index contributed by atoms with van der Waals surface area (Å²) in [5.41, 5.74) is 8.87. The Hall–Kier alpha value is -2.30. The molecule has 0 atom stereocenters. The molecule has 0 saturated carbocycles. The van der Waals surface area contributed by atoms with Gasteiger partial charge in [-0.1, -0.05) is 19.9 Å². The number of hydrogen-bond acceptors (Lipinski definition) is 3. The summed E-state index contributed by atoms with van der Waals surface area (Å²) in [4.78, 5) is 12.0. The highest BCUT2D eigenvalue weighted by molar-refractivity contribution is 6.04. The van der Waals surface area contributed by atoms with Gasteiger partial charge < -0.3 is 11.1 Å². The molecule has 0 fully saturated rings. The predicted octanol–water partition coefficient (Wildman–Crippen LogP) is 2.68. The van der Waals surface area contributed by atoms with Crippen LogP contribution < -0.4 is 11.1 Å². The molecule has 0 aliphatic heterocycles. The number of amides is 1. The maximum absolute atomic E-state index is 12.0. The quantitative estimate of drug-likeness (QED) is 0.740. The van der Waals surface area contributed by atoms with E-state index in [4.69, 9.17) is 5.73 Å². The number of anilines is 2. The minimum atomic E-state index is -0.214. The number of rotatable bonds is 3. The zero-order chi connectivity index (χ0) is 14.0. The van der Waals surface area contributed by atoms with E-state index in [9.17, 15) is 4.79 Å². The number of hydrogen-bond donors (Lipinski definition) is 3. The first-order valence-corrected chi connectivity index (χ1v) is 6.20. The molecule has 1 aromatic heterocycles. The molecule has 0 radical (unpaired) electrons. The molecule has 100 valence electrons. The molecule has 0 bridgehead atoms. The van der Waals surface area contributed by atoms with Gasteiger partial charge in [0.05, 0.1) is 0 Å². The SMILES string of the molecule is Cc1ccc(C(=O)Nc2cc(C(C)C)[nH]n2)cc1N. The van der Waals surface area contributed by atoms with E-state index in [-0.39, 0.29) is 5.91 Å². The van der Waals surface area contributed by atoms with Crippen molar-refractivity contribution in [1.82, 2.24) is 10.2 Å². The Balaban J connectivity index is 2.13. The molecular formula is C14H18N4O. The number of nitrogens with zero attached hydrogens (tertiary/aromatic N) is 1. The van der Waals surface area contributed by atoms with Gasteiger partial charge in [0.1, 0.15) is 0 Å². The Morgan fingerprint density at radius 2 is 2.11 bits per heavy atom. The maximum atomic E-state index is 12.0. The molecule has 0 aliphatic rings. The number of aromatic nitrogens is 2. The van der Waals surface area contributed by atoms with Crippen molar-refractivity contribution >= 4 is 17.4 Å². The summed E-state index contributed by atoms with van der Waals surface area (Å²) in [5.74, 6) is 0.648. The monoisotopic (exact) mass is 258 g/mol. The average molecular weight is 258 g/mol. The van der Waals surface area contributed by atoms with Gasteiger partial charge in [0.15, 0.2) is 5.82 Å². The molecule has 0 saturated heterocycles. The van der Waals surface area contributed by atoms with Crippen LogP contribution >= 0.6 is 0 Å². The number of aryl methyl sites for hydroxylation is 1. The molecule has 5 heteroatoms. The van der Waals surface area contributed by atoms with Crippen molar-refractivity contribution in [1.29, 1.82) is 0 Å². The average Bonchev–Trinajstić information content (AvgIpc) is 2.81. The Bertz CT molecular complexity index is 601. The van der Waals surface area contributed by atoms with Gasteiger partial charge in [-0.3, -0.25) is 9.89 Å². The molecule has 0 spiro atoms. The van der Waals surface area contributed by atoms with Crippen LogP contribution in [0.1, 0.15) is 41.4 Å². The van der Waals surface area contributed by atoms with Gasteiger partial charge in [-0.2, -0.15) is 5.10 Å². The number of nitrogens with two attached hydrogens (primary N) is 1. The third-order valence-electron chi connectivity index (χ3n) is 3.00. The maximum Gasteiger partial charge on any atom is 0.256 e. The van der Waals surface area contributed by atoms with E-state index in [1.165, 1.54) is 0 Å². The number of nitrogen functional groups attached to an aromatic ring is 1.